The average Bonchev–Trinajstić information content (AvgIpc) is 3.08. The number of hydrogen-bond acceptors (Lipinski definition) is 3. The molecular weight excluding hydrogens is 452 g/mol. The normalized spacial score (nSPS) is 16.7. The van der Waals surface area contributed by atoms with Gasteiger partial charge in [0, 0.05) is 38.3 Å². The number of hydrogen-bond donors (Lipinski definition) is 3. The SMILES string of the molecule is CCC(=O)N1CCC(NC(=NC)NCC(=O)Nc2ccc(F)cc2)C1.I. The molecule has 26 heavy (non-hydrogen) atoms. The summed E-state index contributed by atoms with van der Waals surface area (Å²) in [6, 6.07) is 5.68. The second kappa shape index (κ2) is 10.9. The lowest BCUT2D eigenvalue weighted by Crippen LogP contribution is -2.47. The van der Waals surface area contributed by atoms with Crippen LogP contribution in [0.1, 0.15) is 19.8 Å². The molecule has 1 unspecified atom stereocenters. The summed E-state index contributed by atoms with van der Waals surface area (Å²) in [6.07, 6.45) is 1.34. The molecule has 1 aliphatic rings. The fourth-order valence-electron chi connectivity index (χ4n) is 2.62. The van der Waals surface area contributed by atoms with E-state index in [0.717, 1.165) is 13.0 Å². The van der Waals surface area contributed by atoms with Crippen LogP contribution >= 0.6 is 24.0 Å². The van der Waals surface area contributed by atoms with E-state index in [0.29, 0.717) is 24.6 Å². The van der Waals surface area contributed by atoms with Crippen LogP contribution in [0.2, 0.25) is 0 Å². The lowest BCUT2D eigenvalue weighted by atomic mass is 10.3. The van der Waals surface area contributed by atoms with Crippen molar-refractivity contribution >= 4 is 47.4 Å². The third kappa shape index (κ3) is 6.77. The minimum Gasteiger partial charge on any atom is -0.352 e. The molecule has 0 saturated carbocycles. The molecule has 144 valence electrons. The molecule has 0 bridgehead atoms. The number of benzene rings is 1. The molecular formula is C17H25FIN5O2. The molecule has 0 aromatic heterocycles. The second-order valence-corrected chi connectivity index (χ2v) is 5.80. The quantitative estimate of drug-likeness (QED) is 0.342. The van der Waals surface area contributed by atoms with E-state index in [4.69, 9.17) is 0 Å². The van der Waals surface area contributed by atoms with Crippen molar-refractivity contribution in [3.05, 3.63) is 30.1 Å². The number of anilines is 1. The van der Waals surface area contributed by atoms with Crippen LogP contribution in [-0.2, 0) is 9.59 Å². The van der Waals surface area contributed by atoms with Crippen LogP contribution < -0.4 is 16.0 Å². The van der Waals surface area contributed by atoms with Crippen molar-refractivity contribution in [1.29, 1.82) is 0 Å². The summed E-state index contributed by atoms with van der Waals surface area (Å²) in [6.45, 7) is 3.24. The van der Waals surface area contributed by atoms with Gasteiger partial charge in [-0.2, -0.15) is 0 Å². The molecule has 0 aliphatic carbocycles. The largest absolute Gasteiger partial charge is 0.352 e. The van der Waals surface area contributed by atoms with Gasteiger partial charge in [0.25, 0.3) is 0 Å². The van der Waals surface area contributed by atoms with Gasteiger partial charge in [-0.25, -0.2) is 4.39 Å². The number of rotatable bonds is 5. The first kappa shape index (κ1) is 22.1. The molecule has 1 atom stereocenters. The van der Waals surface area contributed by atoms with Gasteiger partial charge >= 0.3 is 0 Å². The molecule has 1 saturated heterocycles. The average molecular weight is 477 g/mol. The van der Waals surface area contributed by atoms with E-state index < -0.39 is 0 Å². The number of amides is 2. The predicted octanol–water partition coefficient (Wildman–Crippen LogP) is 1.56. The lowest BCUT2D eigenvalue weighted by molar-refractivity contribution is -0.129. The maximum Gasteiger partial charge on any atom is 0.243 e. The standard InChI is InChI=1S/C17H24FN5O2.HI/c1-3-16(25)23-9-8-14(11-23)22-17(19-2)20-10-15(24)21-13-6-4-12(18)5-7-13;/h4-7,14H,3,8-11H2,1-2H3,(H,21,24)(H2,19,20,22);1H. The van der Waals surface area contributed by atoms with E-state index in [-0.39, 0.29) is 54.2 Å². The Balaban J connectivity index is 0.00000338. The molecule has 7 nitrogen and oxygen atoms in total. The van der Waals surface area contributed by atoms with Gasteiger partial charge in [0.05, 0.1) is 6.54 Å². The van der Waals surface area contributed by atoms with Crippen molar-refractivity contribution in [3.8, 4) is 0 Å². The molecule has 0 radical (unpaired) electrons. The van der Waals surface area contributed by atoms with E-state index in [1.165, 1.54) is 24.3 Å². The number of guanidine groups is 1. The van der Waals surface area contributed by atoms with E-state index >= 15 is 0 Å². The van der Waals surface area contributed by atoms with Gasteiger partial charge in [-0.1, -0.05) is 6.92 Å². The first-order valence-corrected chi connectivity index (χ1v) is 8.32. The minimum absolute atomic E-state index is 0. The Bertz CT molecular complexity index is 639. The zero-order valence-corrected chi connectivity index (χ0v) is 17.2. The summed E-state index contributed by atoms with van der Waals surface area (Å²) in [5.41, 5.74) is 0.528. The van der Waals surface area contributed by atoms with E-state index in [1.807, 2.05) is 11.8 Å². The predicted molar refractivity (Wildman–Crippen MR) is 110 cm³/mol. The summed E-state index contributed by atoms with van der Waals surface area (Å²) in [5.74, 6) is 0.0348. The zero-order chi connectivity index (χ0) is 18.2. The van der Waals surface area contributed by atoms with Crippen molar-refractivity contribution in [2.24, 2.45) is 4.99 Å². The van der Waals surface area contributed by atoms with Crippen LogP contribution in [0.15, 0.2) is 29.3 Å². The smallest absolute Gasteiger partial charge is 0.243 e. The van der Waals surface area contributed by atoms with Crippen LogP contribution in [0.3, 0.4) is 0 Å². The number of nitrogens with one attached hydrogen (secondary N) is 3. The van der Waals surface area contributed by atoms with Gasteiger partial charge in [-0.3, -0.25) is 14.6 Å². The molecule has 0 spiro atoms. The molecule has 3 N–H and O–H groups in total. The lowest BCUT2D eigenvalue weighted by Gasteiger charge is -2.18. The van der Waals surface area contributed by atoms with Crippen molar-refractivity contribution in [1.82, 2.24) is 15.5 Å². The van der Waals surface area contributed by atoms with Crippen molar-refractivity contribution in [2.45, 2.75) is 25.8 Å². The van der Waals surface area contributed by atoms with Crippen molar-refractivity contribution < 1.29 is 14.0 Å². The molecule has 2 rings (SSSR count). The van der Waals surface area contributed by atoms with Crippen LogP contribution in [0.25, 0.3) is 0 Å². The number of carbonyl (C=O) groups excluding carboxylic acids is 2. The zero-order valence-electron chi connectivity index (χ0n) is 14.9. The fourth-order valence-corrected chi connectivity index (χ4v) is 2.62. The first-order valence-electron chi connectivity index (χ1n) is 8.32. The third-order valence-electron chi connectivity index (χ3n) is 3.95. The van der Waals surface area contributed by atoms with Gasteiger partial charge in [-0.15, -0.1) is 24.0 Å². The number of aliphatic imine (C=N–C) groups is 1. The number of likely N-dealkylation sites (tertiary alicyclic amines) is 1. The highest BCUT2D eigenvalue weighted by Gasteiger charge is 2.25. The van der Waals surface area contributed by atoms with Crippen LogP contribution in [-0.4, -0.2) is 55.4 Å². The number of halogens is 2. The van der Waals surface area contributed by atoms with Crippen molar-refractivity contribution in [2.75, 3.05) is 32.0 Å². The molecule has 1 aliphatic heterocycles. The van der Waals surface area contributed by atoms with Crippen molar-refractivity contribution in [3.63, 3.8) is 0 Å². The Morgan fingerprint density at radius 3 is 2.62 bits per heavy atom. The Labute approximate surface area is 169 Å². The molecule has 1 aromatic carbocycles. The van der Waals surface area contributed by atoms with Crippen LogP contribution in [0.4, 0.5) is 10.1 Å². The molecule has 2 amide bonds. The molecule has 1 fully saturated rings. The van der Waals surface area contributed by atoms with Gasteiger partial charge in [0.15, 0.2) is 5.96 Å². The maximum absolute atomic E-state index is 12.8. The third-order valence-corrected chi connectivity index (χ3v) is 3.95. The highest BCUT2D eigenvalue weighted by Crippen LogP contribution is 2.10. The van der Waals surface area contributed by atoms with E-state index in [9.17, 15) is 14.0 Å². The van der Waals surface area contributed by atoms with Crippen LogP contribution in [0.5, 0.6) is 0 Å². The minimum atomic E-state index is -0.354. The number of carbonyl (C=O) groups is 2. The highest BCUT2D eigenvalue weighted by atomic mass is 127. The van der Waals surface area contributed by atoms with Gasteiger partial charge < -0.3 is 20.9 Å². The fraction of sp³-hybridized carbons (Fsp3) is 0.471. The second-order valence-electron chi connectivity index (χ2n) is 5.80. The maximum atomic E-state index is 12.8. The molecule has 1 heterocycles. The monoisotopic (exact) mass is 477 g/mol. The van der Waals surface area contributed by atoms with Gasteiger partial charge in [0.1, 0.15) is 5.82 Å². The Morgan fingerprint density at radius 2 is 2.00 bits per heavy atom. The highest BCUT2D eigenvalue weighted by molar-refractivity contribution is 14.0. The summed E-state index contributed by atoms with van der Waals surface area (Å²) in [4.78, 5) is 29.6. The molecule has 9 heteroatoms. The molecule has 1 aromatic rings. The Kier molecular flexibility index (Phi) is 9.31. The summed E-state index contributed by atoms with van der Waals surface area (Å²) >= 11 is 0. The van der Waals surface area contributed by atoms with E-state index in [2.05, 4.69) is 20.9 Å². The topological polar surface area (TPSA) is 85.8 Å². The summed E-state index contributed by atoms with van der Waals surface area (Å²) in [5, 5.41) is 8.82. The number of nitrogens with zero attached hydrogens (tertiary/aromatic N) is 2. The Morgan fingerprint density at radius 1 is 1.31 bits per heavy atom. The van der Waals surface area contributed by atoms with Gasteiger partial charge in [-0.05, 0) is 30.7 Å². The van der Waals surface area contributed by atoms with Crippen LogP contribution in [0, 0.1) is 5.82 Å². The summed E-state index contributed by atoms with van der Waals surface area (Å²) in [7, 11) is 1.62. The first-order chi connectivity index (χ1) is 12.0. The van der Waals surface area contributed by atoms with E-state index in [1.54, 1.807) is 7.05 Å². The Hall–Kier alpha value is -1.91. The van der Waals surface area contributed by atoms with Gasteiger partial charge in [0.2, 0.25) is 11.8 Å². The summed E-state index contributed by atoms with van der Waals surface area (Å²) < 4.78 is 12.8.